The molecule has 0 atom stereocenters. The molecule has 3 aromatic heterocycles. The number of aromatic nitrogens is 4. The molecule has 2 aliphatic rings. The van der Waals surface area contributed by atoms with Crippen LogP contribution in [0.5, 0.6) is 69.0 Å². The Hall–Kier alpha value is -9.33. The van der Waals surface area contributed by atoms with Gasteiger partial charge in [0.2, 0.25) is 23.0 Å². The molecule has 5 heterocycles. The fourth-order valence-corrected chi connectivity index (χ4v) is 9.17. The average Bonchev–Trinajstić information content (AvgIpc) is 4.33. The Morgan fingerprint density at radius 2 is 0.532 bits per heavy atom. The van der Waals surface area contributed by atoms with E-state index in [1.807, 2.05) is 97.1 Å². The van der Waals surface area contributed by atoms with Crippen molar-refractivity contribution in [2.45, 2.75) is 6.92 Å². The predicted molar refractivity (Wildman–Crippen MR) is 296 cm³/mol. The van der Waals surface area contributed by atoms with Gasteiger partial charge in [-0.25, -0.2) is 9.97 Å². The fourth-order valence-electron chi connectivity index (χ4n) is 9.17. The summed E-state index contributed by atoms with van der Waals surface area (Å²) in [5, 5.41) is 7.42. The van der Waals surface area contributed by atoms with E-state index in [0.717, 1.165) is 6.92 Å². The molecule has 7 aromatic rings. The van der Waals surface area contributed by atoms with Crippen LogP contribution in [0.2, 0.25) is 0 Å². The summed E-state index contributed by atoms with van der Waals surface area (Å²) in [6.07, 6.45) is 7.79. The van der Waals surface area contributed by atoms with Crippen molar-refractivity contribution in [3.63, 3.8) is 0 Å². The van der Waals surface area contributed by atoms with Crippen molar-refractivity contribution < 1.29 is 83.8 Å². The van der Waals surface area contributed by atoms with E-state index in [4.69, 9.17) is 97.2 Å². The first-order valence-electron chi connectivity index (χ1n) is 23.5. The number of hydrogen-bond donors (Lipinski definition) is 1. The molecule has 0 unspecified atom stereocenters. The molecule has 21 heteroatoms. The van der Waals surface area contributed by atoms with E-state index in [1.165, 1.54) is 0 Å². The summed E-state index contributed by atoms with van der Waals surface area (Å²) in [6, 6.07) is 22.8. The second kappa shape index (κ2) is 26.1. The molecular weight excluding hydrogens is 1060 g/mol. The Kier molecular flexibility index (Phi) is 19.5. The maximum absolute atomic E-state index is 9.00. The van der Waals surface area contributed by atoms with Gasteiger partial charge in [-0.3, -0.25) is 4.79 Å². The maximum Gasteiger partial charge on any atom is 2.00 e. The molecule has 8 bridgehead atoms. The van der Waals surface area contributed by atoms with Crippen molar-refractivity contribution in [3.05, 3.63) is 100 Å². The number of carboxylic acids is 1. The molecule has 1 N–H and O–H groups in total. The second-order valence-electron chi connectivity index (χ2n) is 16.5. The van der Waals surface area contributed by atoms with Crippen LogP contribution in [0.3, 0.4) is 0 Å². The van der Waals surface area contributed by atoms with E-state index in [-0.39, 0.29) is 17.1 Å². The van der Waals surface area contributed by atoms with Gasteiger partial charge in [0.25, 0.3) is 5.97 Å². The topological polar surface area (TPSA) is 241 Å². The van der Waals surface area contributed by atoms with Crippen molar-refractivity contribution in [2.75, 3.05) is 85.3 Å². The van der Waals surface area contributed by atoms with Gasteiger partial charge in [0.1, 0.15) is 5.59 Å². The number of hydrogen-bond acceptors (Lipinski definition) is 16. The van der Waals surface area contributed by atoms with E-state index in [0.29, 0.717) is 158 Å². The summed E-state index contributed by atoms with van der Waals surface area (Å²) in [5.74, 6) is 4.45. The van der Waals surface area contributed by atoms with Crippen LogP contribution < -0.4 is 72.4 Å². The van der Waals surface area contributed by atoms with Crippen LogP contribution in [-0.4, -0.2) is 106 Å². The summed E-state index contributed by atoms with van der Waals surface area (Å²) in [4.78, 5) is 37.9. The van der Waals surface area contributed by atoms with Gasteiger partial charge in [-0.1, -0.05) is 24.3 Å². The van der Waals surface area contributed by atoms with Crippen molar-refractivity contribution in [1.82, 2.24) is 25.5 Å². The van der Waals surface area contributed by atoms with Gasteiger partial charge in [0.05, 0.1) is 108 Å². The first-order valence-corrected chi connectivity index (χ1v) is 23.5. The molecule has 4 aromatic carbocycles. The average molecular weight is 1120 g/mol. The summed E-state index contributed by atoms with van der Waals surface area (Å²) in [6.45, 7) is 1.08. The van der Waals surface area contributed by atoms with Crippen LogP contribution in [0.1, 0.15) is 29.7 Å². The smallest absolute Gasteiger partial charge is 0.657 e. The maximum atomic E-state index is 9.00. The van der Waals surface area contributed by atoms with E-state index >= 15 is 0 Å². The van der Waals surface area contributed by atoms with E-state index < -0.39 is 5.97 Å². The monoisotopic (exact) mass is 1120 g/mol. The third-order valence-electron chi connectivity index (χ3n) is 12.4. The molecule has 2 aliphatic heterocycles. The molecule has 0 aliphatic carbocycles. The van der Waals surface area contributed by atoms with Crippen LogP contribution in [0.25, 0.3) is 90.9 Å². The van der Waals surface area contributed by atoms with Crippen LogP contribution in [-0.2, 0) is 21.9 Å². The Balaban J connectivity index is 0.00000138. The number of fused-ring (bicyclic) bond motifs is 8. The molecule has 79 heavy (non-hydrogen) atoms. The number of nitrogens with zero attached hydrogens (tertiary/aromatic N) is 5. The van der Waals surface area contributed by atoms with Crippen LogP contribution in [0.15, 0.2) is 72.8 Å². The molecule has 0 saturated heterocycles. The van der Waals surface area contributed by atoms with E-state index in [2.05, 4.69) is 0 Å². The van der Waals surface area contributed by atoms with Crippen LogP contribution in [0, 0.1) is 4.91 Å². The van der Waals surface area contributed by atoms with Gasteiger partial charge in [-0.05, 0) is 117 Å². The SMILES string of the molecule is CC(=O)O.COc1cc(-c2c3nc(c(-c4cc(OC)c(OC)c(OC)c4)c4ccc([n-]4)c(-c4cc(OC)c(OC)c(OC)c4)c4nc(c(-c5cc(OC)c(OC)c(OC)c5)c5ccc2[n-]5)C=C4)C=C3)cc(OC)c1OC.[Fe+2].[N]=O. The number of methoxy groups -OCH3 is 12. The third-order valence-corrected chi connectivity index (χ3v) is 12.4. The first-order chi connectivity index (χ1) is 37.8. The second-order valence-corrected chi connectivity index (χ2v) is 16.5. The largest absolute Gasteiger partial charge is 2.00 e. The fraction of sp³-hybridized carbons (Fsp3) is 0.224. The Bertz CT molecular complexity index is 3080. The number of ether oxygens (including phenoxy) is 12. The molecule has 20 nitrogen and oxygen atoms in total. The third kappa shape index (κ3) is 11.5. The minimum atomic E-state index is -0.833. The van der Waals surface area contributed by atoms with Crippen LogP contribution >= 0.6 is 0 Å². The predicted octanol–water partition coefficient (Wildman–Crippen LogP) is 10.3. The number of benzene rings is 4. The molecule has 411 valence electrons. The molecule has 0 amide bonds. The number of carbonyl (C=O) groups is 1. The van der Waals surface area contributed by atoms with Crippen molar-refractivity contribution in [1.29, 1.82) is 0 Å². The zero-order valence-corrected chi connectivity index (χ0v) is 46.6. The normalized spacial score (nSPS) is 10.8. The zero-order chi connectivity index (χ0) is 56.4. The van der Waals surface area contributed by atoms with Gasteiger partial charge >= 0.3 is 17.1 Å². The van der Waals surface area contributed by atoms with Crippen molar-refractivity contribution >= 4 is 52.3 Å². The zero-order valence-electron chi connectivity index (χ0n) is 45.5. The van der Waals surface area contributed by atoms with E-state index in [9.17, 15) is 0 Å². The minimum Gasteiger partial charge on any atom is -0.657 e. The standard InChI is InChI=1S/C56H52N4O12.C2H4O2.Fe.NO/c1-61-41-21-29(22-42(62-2)53(41)69-9)49-33-13-15-35(57-33)50(30-23-43(63-3)54(70-10)44(24-30)64-4)37-17-19-39(59-37)52(32-27-47(67-7)56(72-12)48(28-32)68-8)40-20-18-38(60-40)51(36-16-14-34(49)58-36)31-25-45(65-5)55(71-11)46(26-31)66-6;1-2(3)4;;1-2/h13-28H,1-12H3;1H3,(H,3,4);;/q-2;;+2;. The van der Waals surface area contributed by atoms with Gasteiger partial charge in [0, 0.05) is 6.92 Å². The number of aliphatic carboxylic acids is 1. The van der Waals surface area contributed by atoms with Crippen molar-refractivity contribution in [3.8, 4) is 114 Å². The molecular formula is C58H56FeN5O15. The summed E-state index contributed by atoms with van der Waals surface area (Å²) >= 11 is 0. The van der Waals surface area contributed by atoms with Crippen LogP contribution in [0.4, 0.5) is 0 Å². The number of carboxylic acid groups (broad SMARTS) is 1. The first kappa shape index (κ1) is 58.9. The molecule has 1 radical (unpaired) electrons. The Labute approximate surface area is 466 Å². The Morgan fingerprint density at radius 3 is 0.671 bits per heavy atom. The molecule has 9 rings (SSSR count). The van der Waals surface area contributed by atoms with Gasteiger partial charge in [-0.2, -0.15) is 0 Å². The van der Waals surface area contributed by atoms with Gasteiger partial charge in [0.15, 0.2) is 46.0 Å². The Morgan fingerprint density at radius 1 is 0.367 bits per heavy atom. The molecule has 0 saturated carbocycles. The molecule has 0 fully saturated rings. The quantitative estimate of drug-likeness (QED) is 0.0884. The minimum absolute atomic E-state index is 0. The molecule has 0 spiro atoms. The number of nitroso groups, excluding NO2 is 1. The summed E-state index contributed by atoms with van der Waals surface area (Å²) < 4.78 is 70.1. The van der Waals surface area contributed by atoms with E-state index in [1.54, 1.807) is 85.3 Å². The van der Waals surface area contributed by atoms with Crippen molar-refractivity contribution in [2.24, 2.45) is 0 Å². The summed E-state index contributed by atoms with van der Waals surface area (Å²) in [7, 11) is 18.9. The number of rotatable bonds is 16. The summed E-state index contributed by atoms with van der Waals surface area (Å²) in [5.41, 5.74) is 15.8. The van der Waals surface area contributed by atoms with Gasteiger partial charge in [-0.15, -0.1) is 27.0 Å². The van der Waals surface area contributed by atoms with Gasteiger partial charge < -0.3 is 71.9 Å².